The molecule has 1 aliphatic carbocycles. The lowest BCUT2D eigenvalue weighted by atomic mass is 9.68. The van der Waals surface area contributed by atoms with Crippen LogP contribution in [0.25, 0.3) is 0 Å². The molecule has 0 saturated heterocycles. The minimum atomic E-state index is -0.506. The van der Waals surface area contributed by atoms with E-state index in [1.165, 1.54) is 0 Å². The predicted octanol–water partition coefficient (Wildman–Crippen LogP) is 5.04. The van der Waals surface area contributed by atoms with Crippen LogP contribution in [0.3, 0.4) is 0 Å². The van der Waals surface area contributed by atoms with Crippen molar-refractivity contribution in [2.75, 3.05) is 20.3 Å². The van der Waals surface area contributed by atoms with Crippen molar-refractivity contribution < 1.29 is 23.8 Å². The van der Waals surface area contributed by atoms with Crippen LogP contribution in [0.15, 0.2) is 40.7 Å². The highest BCUT2D eigenvalue weighted by atomic mass is 16.5. The third-order valence-electron chi connectivity index (χ3n) is 5.88. The number of carbonyl (C=O) groups excluding carboxylic acids is 2. The molecule has 1 aromatic carbocycles. The van der Waals surface area contributed by atoms with Gasteiger partial charge in [0.2, 0.25) is 0 Å². The van der Waals surface area contributed by atoms with E-state index in [1.54, 1.807) is 7.11 Å². The molecule has 1 atom stereocenters. The number of allylic oxidation sites excluding steroid dienone is 3. The van der Waals surface area contributed by atoms with Gasteiger partial charge in [-0.25, -0.2) is 4.79 Å². The van der Waals surface area contributed by atoms with Crippen molar-refractivity contribution in [3.63, 3.8) is 0 Å². The Morgan fingerprint density at radius 3 is 2.50 bits per heavy atom. The number of methoxy groups -OCH3 is 1. The first-order chi connectivity index (χ1) is 15.2. The van der Waals surface area contributed by atoms with Gasteiger partial charge in [0.15, 0.2) is 17.3 Å². The zero-order valence-electron chi connectivity index (χ0n) is 20.1. The summed E-state index contributed by atoms with van der Waals surface area (Å²) in [4.78, 5) is 26.5. The first-order valence-electron chi connectivity index (χ1n) is 11.4. The minimum Gasteiger partial charge on any atom is -0.493 e. The van der Waals surface area contributed by atoms with Gasteiger partial charge in [-0.1, -0.05) is 33.8 Å². The summed E-state index contributed by atoms with van der Waals surface area (Å²) in [6.07, 6.45) is 2.80. The molecule has 1 heterocycles. The summed E-state index contributed by atoms with van der Waals surface area (Å²) in [5.41, 5.74) is 3.44. The SMILES string of the molecule is CCCOC(=O)C1=C(C)NC2=C(C(=O)CC(C)(C)C2)[C@H]1c1ccc(OCCC)c(OC)c1. The summed E-state index contributed by atoms with van der Waals surface area (Å²) in [5.74, 6) is 0.393. The number of carbonyl (C=O) groups is 2. The molecule has 0 spiro atoms. The Morgan fingerprint density at radius 1 is 1.12 bits per heavy atom. The first kappa shape index (κ1) is 23.9. The van der Waals surface area contributed by atoms with Crippen molar-refractivity contribution in [3.8, 4) is 11.5 Å². The molecule has 1 aromatic rings. The largest absolute Gasteiger partial charge is 0.493 e. The molecule has 2 aliphatic rings. The molecule has 174 valence electrons. The Kier molecular flexibility index (Phi) is 7.32. The highest BCUT2D eigenvalue weighted by Crippen LogP contribution is 2.47. The van der Waals surface area contributed by atoms with E-state index < -0.39 is 11.9 Å². The lowest BCUT2D eigenvalue weighted by Crippen LogP contribution is -2.38. The molecule has 1 N–H and O–H groups in total. The van der Waals surface area contributed by atoms with Gasteiger partial charge in [0, 0.05) is 29.3 Å². The zero-order valence-corrected chi connectivity index (χ0v) is 20.1. The molecule has 6 nitrogen and oxygen atoms in total. The molecule has 0 saturated carbocycles. The van der Waals surface area contributed by atoms with Gasteiger partial charge < -0.3 is 19.5 Å². The second kappa shape index (κ2) is 9.80. The van der Waals surface area contributed by atoms with E-state index in [0.29, 0.717) is 42.3 Å². The number of esters is 1. The van der Waals surface area contributed by atoms with Crippen LogP contribution in [0.1, 0.15) is 71.8 Å². The summed E-state index contributed by atoms with van der Waals surface area (Å²) >= 11 is 0. The van der Waals surface area contributed by atoms with Gasteiger partial charge in [-0.3, -0.25) is 4.79 Å². The van der Waals surface area contributed by atoms with Gasteiger partial charge in [-0.05, 0) is 49.3 Å². The molecule has 6 heteroatoms. The van der Waals surface area contributed by atoms with Gasteiger partial charge in [0.05, 0.1) is 25.9 Å². The topological polar surface area (TPSA) is 73.9 Å². The second-order valence-corrected chi connectivity index (χ2v) is 9.32. The van der Waals surface area contributed by atoms with Crippen molar-refractivity contribution in [2.24, 2.45) is 5.41 Å². The van der Waals surface area contributed by atoms with Crippen molar-refractivity contribution in [1.29, 1.82) is 0 Å². The van der Waals surface area contributed by atoms with E-state index >= 15 is 0 Å². The van der Waals surface area contributed by atoms with Crippen molar-refractivity contribution in [2.45, 2.75) is 66.2 Å². The first-order valence-corrected chi connectivity index (χ1v) is 11.4. The Bertz CT molecular complexity index is 957. The molecular weight excluding hydrogens is 406 g/mol. The summed E-state index contributed by atoms with van der Waals surface area (Å²) in [6, 6.07) is 5.65. The molecule has 1 aliphatic heterocycles. The number of hydrogen-bond acceptors (Lipinski definition) is 6. The van der Waals surface area contributed by atoms with Crippen LogP contribution in [0.2, 0.25) is 0 Å². The van der Waals surface area contributed by atoms with E-state index in [4.69, 9.17) is 14.2 Å². The molecule has 3 rings (SSSR count). The third-order valence-corrected chi connectivity index (χ3v) is 5.88. The van der Waals surface area contributed by atoms with E-state index in [-0.39, 0.29) is 11.2 Å². The fourth-order valence-corrected chi connectivity index (χ4v) is 4.51. The monoisotopic (exact) mass is 441 g/mol. The average Bonchev–Trinajstić information content (AvgIpc) is 2.74. The number of hydrogen-bond donors (Lipinski definition) is 1. The third kappa shape index (κ3) is 4.84. The molecule has 0 fully saturated rings. The van der Waals surface area contributed by atoms with E-state index in [0.717, 1.165) is 36.2 Å². The standard InChI is InChI=1S/C26H35NO5/c1-7-11-31-20-10-9-17(13-21(20)30-6)23-22(25(29)32-12-8-2)16(3)27-18-14-26(4,5)15-19(28)24(18)23/h9-10,13,23,27H,7-8,11-12,14-15H2,1-6H3/t23-/m0/s1. The summed E-state index contributed by atoms with van der Waals surface area (Å²) in [6.45, 7) is 11.0. The maximum atomic E-state index is 13.4. The van der Waals surface area contributed by atoms with Crippen molar-refractivity contribution >= 4 is 11.8 Å². The number of dihydropyridines is 1. The van der Waals surface area contributed by atoms with Crippen LogP contribution in [0.5, 0.6) is 11.5 Å². The van der Waals surface area contributed by atoms with Crippen LogP contribution in [-0.2, 0) is 14.3 Å². The number of benzene rings is 1. The number of Topliss-reactive ketones (excluding diaryl/α,β-unsaturated/α-hetero) is 1. The number of nitrogens with one attached hydrogen (secondary N) is 1. The quantitative estimate of drug-likeness (QED) is 0.570. The Morgan fingerprint density at radius 2 is 1.84 bits per heavy atom. The normalized spacial score (nSPS) is 19.9. The molecule has 0 unspecified atom stereocenters. The van der Waals surface area contributed by atoms with Gasteiger partial charge >= 0.3 is 5.97 Å². The van der Waals surface area contributed by atoms with Crippen LogP contribution in [-0.4, -0.2) is 32.1 Å². The Balaban J connectivity index is 2.13. The molecule has 0 amide bonds. The number of ketones is 1. The Hall–Kier alpha value is -2.76. The second-order valence-electron chi connectivity index (χ2n) is 9.32. The number of ether oxygens (including phenoxy) is 3. The Labute approximate surface area is 191 Å². The smallest absolute Gasteiger partial charge is 0.336 e. The summed E-state index contributed by atoms with van der Waals surface area (Å²) in [7, 11) is 1.59. The number of rotatable bonds is 8. The van der Waals surface area contributed by atoms with E-state index in [1.807, 2.05) is 39.0 Å². The van der Waals surface area contributed by atoms with Gasteiger partial charge in [-0.2, -0.15) is 0 Å². The highest BCUT2D eigenvalue weighted by Gasteiger charge is 2.43. The lowest BCUT2D eigenvalue weighted by Gasteiger charge is -2.39. The highest BCUT2D eigenvalue weighted by molar-refractivity contribution is 6.04. The fourth-order valence-electron chi connectivity index (χ4n) is 4.51. The average molecular weight is 442 g/mol. The van der Waals surface area contributed by atoms with Crippen LogP contribution in [0, 0.1) is 5.41 Å². The predicted molar refractivity (Wildman–Crippen MR) is 124 cm³/mol. The van der Waals surface area contributed by atoms with Gasteiger partial charge in [-0.15, -0.1) is 0 Å². The molecule has 0 aromatic heterocycles. The van der Waals surface area contributed by atoms with Crippen molar-refractivity contribution in [1.82, 2.24) is 5.32 Å². The van der Waals surface area contributed by atoms with Crippen LogP contribution < -0.4 is 14.8 Å². The zero-order chi connectivity index (χ0) is 23.5. The van der Waals surface area contributed by atoms with Crippen molar-refractivity contribution in [3.05, 3.63) is 46.3 Å². The van der Waals surface area contributed by atoms with Crippen LogP contribution >= 0.6 is 0 Å². The lowest BCUT2D eigenvalue weighted by molar-refractivity contribution is -0.139. The van der Waals surface area contributed by atoms with E-state index in [2.05, 4.69) is 19.2 Å². The van der Waals surface area contributed by atoms with E-state index in [9.17, 15) is 9.59 Å². The minimum absolute atomic E-state index is 0.0623. The molecule has 0 radical (unpaired) electrons. The van der Waals surface area contributed by atoms with Gasteiger partial charge in [0.25, 0.3) is 0 Å². The summed E-state index contributed by atoms with van der Waals surface area (Å²) in [5, 5.41) is 3.36. The molecular formula is C26H35NO5. The molecule has 0 bridgehead atoms. The fraction of sp³-hybridized carbons (Fsp3) is 0.538. The summed E-state index contributed by atoms with van der Waals surface area (Å²) < 4.78 is 16.9. The van der Waals surface area contributed by atoms with Gasteiger partial charge in [0.1, 0.15) is 0 Å². The maximum absolute atomic E-state index is 13.4. The van der Waals surface area contributed by atoms with Crippen LogP contribution in [0.4, 0.5) is 0 Å². The maximum Gasteiger partial charge on any atom is 0.336 e. The molecule has 32 heavy (non-hydrogen) atoms.